The summed E-state index contributed by atoms with van der Waals surface area (Å²) >= 11 is 0. The summed E-state index contributed by atoms with van der Waals surface area (Å²) in [6.07, 6.45) is 11.5. The Morgan fingerprint density at radius 3 is 2.12 bits per heavy atom. The lowest BCUT2D eigenvalue weighted by atomic mass is 9.69. The Hall–Kier alpha value is -0.260. The van der Waals surface area contributed by atoms with Gasteiger partial charge in [-0.05, 0) is 42.9 Å². The van der Waals surface area contributed by atoms with Gasteiger partial charge in [0.15, 0.2) is 0 Å². The fraction of sp³-hybridized carbons (Fsp3) is 0.875. The van der Waals surface area contributed by atoms with E-state index in [0.717, 1.165) is 23.7 Å². The van der Waals surface area contributed by atoms with Gasteiger partial charge in [-0.3, -0.25) is 0 Å². The fourth-order valence-corrected chi connectivity index (χ4v) is 3.80. The van der Waals surface area contributed by atoms with E-state index in [4.69, 9.17) is 0 Å². The first-order chi connectivity index (χ1) is 7.68. The molecule has 0 amide bonds. The molecule has 2 atom stereocenters. The molecule has 2 aliphatic rings. The van der Waals surface area contributed by atoms with E-state index in [1.165, 1.54) is 51.4 Å². The molecule has 2 unspecified atom stereocenters. The van der Waals surface area contributed by atoms with Crippen LogP contribution in [0, 0.1) is 23.7 Å². The maximum Gasteiger partial charge on any atom is -0.0177 e. The van der Waals surface area contributed by atoms with Crippen LogP contribution in [0.4, 0.5) is 0 Å². The number of hydrogen-bond donors (Lipinski definition) is 0. The molecule has 0 heteroatoms. The monoisotopic (exact) mass is 220 g/mol. The molecule has 0 spiro atoms. The van der Waals surface area contributed by atoms with Crippen LogP contribution >= 0.6 is 0 Å². The van der Waals surface area contributed by atoms with Crippen LogP contribution in [0.3, 0.4) is 0 Å². The highest BCUT2D eigenvalue weighted by Crippen LogP contribution is 2.42. The molecule has 0 aromatic rings. The molecule has 92 valence electrons. The summed E-state index contributed by atoms with van der Waals surface area (Å²) in [4.78, 5) is 0. The molecule has 0 N–H and O–H groups in total. The van der Waals surface area contributed by atoms with Crippen LogP contribution in [0.2, 0.25) is 0 Å². The Balaban J connectivity index is 1.90. The predicted octanol–water partition coefficient (Wildman–Crippen LogP) is 5.20. The number of rotatable bonds is 2. The van der Waals surface area contributed by atoms with Crippen molar-refractivity contribution in [1.82, 2.24) is 0 Å². The van der Waals surface area contributed by atoms with E-state index in [-0.39, 0.29) is 0 Å². The third-order valence-corrected chi connectivity index (χ3v) is 5.13. The summed E-state index contributed by atoms with van der Waals surface area (Å²) in [6.45, 7) is 9.33. The quantitative estimate of drug-likeness (QED) is 0.561. The van der Waals surface area contributed by atoms with Gasteiger partial charge in [0.1, 0.15) is 0 Å². The van der Waals surface area contributed by atoms with Crippen molar-refractivity contribution in [2.75, 3.05) is 0 Å². The standard InChI is InChI=1S/C16H28/c1-12-8-10-15(11-9-12)14(3)16-7-5-4-6-13(16)2/h12-13,15-16H,3-11H2,1-2H3. The minimum atomic E-state index is 0.854. The van der Waals surface area contributed by atoms with Crippen LogP contribution in [0.5, 0.6) is 0 Å². The second-order valence-electron chi connectivity index (χ2n) is 6.40. The third kappa shape index (κ3) is 2.70. The van der Waals surface area contributed by atoms with Crippen molar-refractivity contribution in [3.8, 4) is 0 Å². The van der Waals surface area contributed by atoms with Gasteiger partial charge in [-0.1, -0.05) is 58.1 Å². The lowest BCUT2D eigenvalue weighted by Crippen LogP contribution is -2.24. The van der Waals surface area contributed by atoms with E-state index < -0.39 is 0 Å². The topological polar surface area (TPSA) is 0 Å². The van der Waals surface area contributed by atoms with Crippen LogP contribution in [0.25, 0.3) is 0 Å². The van der Waals surface area contributed by atoms with Crippen LogP contribution in [-0.4, -0.2) is 0 Å². The molecule has 0 aromatic carbocycles. The third-order valence-electron chi connectivity index (χ3n) is 5.13. The Morgan fingerprint density at radius 2 is 1.50 bits per heavy atom. The lowest BCUT2D eigenvalue weighted by Gasteiger charge is -2.36. The fourth-order valence-electron chi connectivity index (χ4n) is 3.80. The van der Waals surface area contributed by atoms with E-state index in [2.05, 4.69) is 20.4 Å². The van der Waals surface area contributed by atoms with Gasteiger partial charge in [0, 0.05) is 0 Å². The molecule has 0 aromatic heterocycles. The average molecular weight is 220 g/mol. The van der Waals surface area contributed by atoms with E-state index in [1.54, 1.807) is 5.57 Å². The molecular formula is C16H28. The molecule has 16 heavy (non-hydrogen) atoms. The molecule has 2 fully saturated rings. The van der Waals surface area contributed by atoms with Crippen LogP contribution in [0.15, 0.2) is 12.2 Å². The first kappa shape index (κ1) is 12.2. The van der Waals surface area contributed by atoms with Crippen molar-refractivity contribution >= 4 is 0 Å². The van der Waals surface area contributed by atoms with Gasteiger partial charge in [-0.2, -0.15) is 0 Å². The van der Waals surface area contributed by atoms with Crippen molar-refractivity contribution in [1.29, 1.82) is 0 Å². The molecule has 0 saturated heterocycles. The SMILES string of the molecule is C=C(C1CCC(C)CC1)C1CCCCC1C. The zero-order valence-electron chi connectivity index (χ0n) is 11.2. The van der Waals surface area contributed by atoms with Crippen LogP contribution in [0.1, 0.15) is 65.2 Å². The summed E-state index contributed by atoms with van der Waals surface area (Å²) in [5.74, 6) is 3.59. The van der Waals surface area contributed by atoms with Gasteiger partial charge >= 0.3 is 0 Å². The Kier molecular flexibility index (Phi) is 4.10. The number of hydrogen-bond acceptors (Lipinski definition) is 0. The highest BCUT2D eigenvalue weighted by Gasteiger charge is 2.29. The molecule has 0 radical (unpaired) electrons. The van der Waals surface area contributed by atoms with Crippen molar-refractivity contribution in [2.45, 2.75) is 65.2 Å². The van der Waals surface area contributed by atoms with Gasteiger partial charge in [0.25, 0.3) is 0 Å². The van der Waals surface area contributed by atoms with E-state index in [1.807, 2.05) is 0 Å². The molecule has 2 aliphatic carbocycles. The van der Waals surface area contributed by atoms with Crippen molar-refractivity contribution in [3.05, 3.63) is 12.2 Å². The predicted molar refractivity (Wildman–Crippen MR) is 71.4 cm³/mol. The van der Waals surface area contributed by atoms with E-state index in [9.17, 15) is 0 Å². The number of allylic oxidation sites excluding steroid dienone is 1. The molecule has 2 saturated carbocycles. The Bertz CT molecular complexity index is 232. The Labute approximate surface area is 102 Å². The molecule has 0 bridgehead atoms. The van der Waals surface area contributed by atoms with E-state index >= 15 is 0 Å². The highest BCUT2D eigenvalue weighted by molar-refractivity contribution is 5.09. The zero-order valence-corrected chi connectivity index (χ0v) is 11.2. The zero-order chi connectivity index (χ0) is 11.5. The lowest BCUT2D eigenvalue weighted by molar-refractivity contribution is 0.243. The highest BCUT2D eigenvalue weighted by atomic mass is 14.3. The molecule has 0 nitrogen and oxygen atoms in total. The first-order valence-corrected chi connectivity index (χ1v) is 7.37. The van der Waals surface area contributed by atoms with Crippen molar-refractivity contribution in [3.63, 3.8) is 0 Å². The van der Waals surface area contributed by atoms with Crippen LogP contribution < -0.4 is 0 Å². The molecule has 0 aliphatic heterocycles. The summed E-state index contributed by atoms with van der Waals surface area (Å²) in [5.41, 5.74) is 1.62. The summed E-state index contributed by atoms with van der Waals surface area (Å²) in [7, 11) is 0. The van der Waals surface area contributed by atoms with Crippen molar-refractivity contribution < 1.29 is 0 Å². The van der Waals surface area contributed by atoms with Gasteiger partial charge in [0.2, 0.25) is 0 Å². The smallest absolute Gasteiger partial charge is 0.0177 e. The minimum absolute atomic E-state index is 0.854. The molecular weight excluding hydrogens is 192 g/mol. The van der Waals surface area contributed by atoms with E-state index in [0.29, 0.717) is 0 Å². The minimum Gasteiger partial charge on any atom is -0.0993 e. The summed E-state index contributed by atoms with van der Waals surface area (Å²) in [6, 6.07) is 0. The second-order valence-corrected chi connectivity index (χ2v) is 6.40. The van der Waals surface area contributed by atoms with Gasteiger partial charge in [-0.25, -0.2) is 0 Å². The maximum absolute atomic E-state index is 4.48. The molecule has 2 rings (SSSR count). The van der Waals surface area contributed by atoms with Gasteiger partial charge in [-0.15, -0.1) is 0 Å². The Morgan fingerprint density at radius 1 is 0.875 bits per heavy atom. The normalized spacial score (nSPS) is 40.6. The van der Waals surface area contributed by atoms with Crippen molar-refractivity contribution in [2.24, 2.45) is 23.7 Å². The second kappa shape index (κ2) is 5.38. The summed E-state index contributed by atoms with van der Waals surface area (Å²) in [5, 5.41) is 0. The first-order valence-electron chi connectivity index (χ1n) is 7.37. The van der Waals surface area contributed by atoms with Gasteiger partial charge in [0.05, 0.1) is 0 Å². The van der Waals surface area contributed by atoms with Gasteiger partial charge < -0.3 is 0 Å². The summed E-state index contributed by atoms with van der Waals surface area (Å²) < 4.78 is 0. The maximum atomic E-state index is 4.48. The van der Waals surface area contributed by atoms with Crippen LogP contribution in [-0.2, 0) is 0 Å². The largest absolute Gasteiger partial charge is 0.0993 e. The average Bonchev–Trinajstić information content (AvgIpc) is 2.30. The molecule has 0 heterocycles.